The van der Waals surface area contributed by atoms with E-state index in [2.05, 4.69) is 5.10 Å². The second kappa shape index (κ2) is 9.71. The van der Waals surface area contributed by atoms with Gasteiger partial charge in [0.15, 0.2) is 0 Å². The van der Waals surface area contributed by atoms with E-state index in [1.807, 2.05) is 30.3 Å². The number of carbonyl (C=O) groups is 1. The lowest BCUT2D eigenvalue weighted by molar-refractivity contribution is -0.130. The lowest BCUT2D eigenvalue weighted by Gasteiger charge is -2.09. The van der Waals surface area contributed by atoms with Gasteiger partial charge in [-0.2, -0.15) is 5.10 Å². The first-order chi connectivity index (χ1) is 15.9. The van der Waals surface area contributed by atoms with Crippen LogP contribution in [0.5, 0.6) is 5.75 Å². The molecule has 8 heteroatoms. The Morgan fingerprint density at radius 1 is 0.970 bits per heavy atom. The summed E-state index contributed by atoms with van der Waals surface area (Å²) in [6.45, 7) is 0. The maximum atomic E-state index is 12.0. The van der Waals surface area contributed by atoms with Crippen LogP contribution >= 0.6 is 34.8 Å². The van der Waals surface area contributed by atoms with Crippen LogP contribution < -0.4 is 4.74 Å². The van der Waals surface area contributed by atoms with E-state index in [0.717, 1.165) is 11.3 Å². The number of methoxy groups -OCH3 is 1. The number of benzene rings is 3. The zero-order valence-electron chi connectivity index (χ0n) is 17.3. The van der Waals surface area contributed by atoms with Gasteiger partial charge >= 0.3 is 5.97 Å². The zero-order valence-corrected chi connectivity index (χ0v) is 19.6. The molecule has 4 aromatic rings. The van der Waals surface area contributed by atoms with E-state index in [-0.39, 0.29) is 5.57 Å². The predicted octanol–water partition coefficient (Wildman–Crippen LogP) is 7.13. The number of aromatic nitrogens is 2. The molecular formula is C25H17Cl3N2O3. The van der Waals surface area contributed by atoms with Crippen molar-refractivity contribution in [1.82, 2.24) is 9.78 Å². The van der Waals surface area contributed by atoms with Crippen molar-refractivity contribution in [1.29, 1.82) is 0 Å². The normalized spacial score (nSPS) is 11.5. The molecule has 1 heterocycles. The fourth-order valence-electron chi connectivity index (χ4n) is 3.32. The molecule has 0 aliphatic rings. The average molecular weight is 500 g/mol. The first-order valence-electron chi connectivity index (χ1n) is 9.76. The minimum atomic E-state index is -1.09. The van der Waals surface area contributed by atoms with E-state index in [0.29, 0.717) is 37.8 Å². The predicted molar refractivity (Wildman–Crippen MR) is 133 cm³/mol. The van der Waals surface area contributed by atoms with Crippen molar-refractivity contribution in [2.75, 3.05) is 7.11 Å². The van der Waals surface area contributed by atoms with Gasteiger partial charge in [-0.3, -0.25) is 0 Å². The Balaban J connectivity index is 1.88. The Labute approximate surface area is 205 Å². The van der Waals surface area contributed by atoms with Crippen molar-refractivity contribution in [3.05, 3.63) is 99.1 Å². The molecule has 0 radical (unpaired) electrons. The summed E-state index contributed by atoms with van der Waals surface area (Å²) >= 11 is 18.4. The number of aliphatic carboxylic acids is 1. The number of halogens is 3. The van der Waals surface area contributed by atoms with E-state index in [4.69, 9.17) is 39.5 Å². The molecule has 0 aliphatic carbocycles. The van der Waals surface area contributed by atoms with Crippen molar-refractivity contribution in [2.45, 2.75) is 0 Å². The van der Waals surface area contributed by atoms with Crippen molar-refractivity contribution in [3.63, 3.8) is 0 Å². The standard InChI is InChI=1S/C25H17Cl3N2O3/c1-33-20-8-6-19(7-9-20)30-24(16-5-10-22(27)23(28)12-16)14-18(29-30)13-21(25(31)32)15-3-2-4-17(26)11-15/h2-14H,1H3,(H,31,32)/b21-13-. The quantitative estimate of drug-likeness (QED) is 0.287. The van der Waals surface area contributed by atoms with Crippen molar-refractivity contribution in [2.24, 2.45) is 0 Å². The number of hydrogen-bond donors (Lipinski definition) is 1. The van der Waals surface area contributed by atoms with Crippen LogP contribution in [-0.4, -0.2) is 28.0 Å². The van der Waals surface area contributed by atoms with Gasteiger partial charge < -0.3 is 9.84 Å². The van der Waals surface area contributed by atoms with E-state index in [9.17, 15) is 9.90 Å². The van der Waals surface area contributed by atoms with E-state index in [1.54, 1.807) is 54.3 Å². The molecule has 4 rings (SSSR count). The van der Waals surface area contributed by atoms with E-state index in [1.165, 1.54) is 6.08 Å². The Morgan fingerprint density at radius 3 is 2.36 bits per heavy atom. The molecule has 1 N–H and O–H groups in total. The molecule has 3 aromatic carbocycles. The first-order valence-corrected chi connectivity index (χ1v) is 10.9. The van der Waals surface area contributed by atoms with Crippen LogP contribution in [0.3, 0.4) is 0 Å². The van der Waals surface area contributed by atoms with Gasteiger partial charge in [0, 0.05) is 10.6 Å². The number of carboxylic acid groups (broad SMARTS) is 1. The van der Waals surface area contributed by atoms with Crippen LogP contribution in [0.4, 0.5) is 0 Å². The number of rotatable bonds is 6. The van der Waals surface area contributed by atoms with Crippen LogP contribution in [0.2, 0.25) is 15.1 Å². The molecule has 0 atom stereocenters. The number of nitrogens with zero attached hydrogens (tertiary/aromatic N) is 2. The maximum Gasteiger partial charge on any atom is 0.336 e. The highest BCUT2D eigenvalue weighted by molar-refractivity contribution is 6.42. The molecule has 5 nitrogen and oxygen atoms in total. The summed E-state index contributed by atoms with van der Waals surface area (Å²) in [7, 11) is 1.59. The highest BCUT2D eigenvalue weighted by Crippen LogP contribution is 2.32. The van der Waals surface area contributed by atoms with Crippen LogP contribution in [-0.2, 0) is 4.79 Å². The Hall–Kier alpha value is -3.25. The molecular weight excluding hydrogens is 483 g/mol. The van der Waals surface area contributed by atoms with Gasteiger partial charge in [0.2, 0.25) is 0 Å². The molecule has 0 fully saturated rings. The number of ether oxygens (including phenoxy) is 1. The van der Waals surface area contributed by atoms with Crippen molar-refractivity contribution in [3.8, 4) is 22.7 Å². The largest absolute Gasteiger partial charge is 0.497 e. The second-order valence-corrected chi connectivity index (χ2v) is 8.32. The van der Waals surface area contributed by atoms with E-state index >= 15 is 0 Å². The minimum Gasteiger partial charge on any atom is -0.497 e. The summed E-state index contributed by atoms with van der Waals surface area (Å²) in [6, 6.07) is 21.1. The van der Waals surface area contributed by atoms with E-state index < -0.39 is 5.97 Å². The summed E-state index contributed by atoms with van der Waals surface area (Å²) in [6.07, 6.45) is 1.51. The molecule has 0 unspecified atom stereocenters. The maximum absolute atomic E-state index is 12.0. The highest BCUT2D eigenvalue weighted by atomic mass is 35.5. The summed E-state index contributed by atoms with van der Waals surface area (Å²) in [4.78, 5) is 12.0. The molecule has 0 amide bonds. The summed E-state index contributed by atoms with van der Waals surface area (Å²) < 4.78 is 6.95. The Morgan fingerprint density at radius 2 is 1.73 bits per heavy atom. The van der Waals surface area contributed by atoms with Crippen molar-refractivity contribution < 1.29 is 14.6 Å². The fourth-order valence-corrected chi connectivity index (χ4v) is 3.81. The molecule has 1 aromatic heterocycles. The van der Waals surface area contributed by atoms with Gasteiger partial charge in [-0.25, -0.2) is 9.48 Å². The van der Waals surface area contributed by atoms with Gasteiger partial charge in [-0.1, -0.05) is 53.0 Å². The SMILES string of the molecule is COc1ccc(-n2nc(/C=C(\C(=O)O)c3cccc(Cl)c3)cc2-c2ccc(Cl)c(Cl)c2)cc1. The van der Waals surface area contributed by atoms with Gasteiger partial charge in [0.05, 0.1) is 39.8 Å². The van der Waals surface area contributed by atoms with Crippen molar-refractivity contribution >= 4 is 52.4 Å². The Kier molecular flexibility index (Phi) is 6.75. The third kappa shape index (κ3) is 5.06. The zero-order chi connectivity index (χ0) is 23.5. The molecule has 0 aliphatic heterocycles. The minimum absolute atomic E-state index is 0.0672. The molecule has 0 saturated heterocycles. The van der Waals surface area contributed by atoms with Gasteiger partial charge in [-0.05, 0) is 66.2 Å². The monoisotopic (exact) mass is 498 g/mol. The topological polar surface area (TPSA) is 64.4 Å². The summed E-state index contributed by atoms with van der Waals surface area (Å²) in [5.41, 5.74) is 3.23. The third-order valence-corrected chi connectivity index (χ3v) is 5.89. The first kappa shape index (κ1) is 22.9. The van der Waals surface area contributed by atoms with Crippen LogP contribution in [0.1, 0.15) is 11.3 Å². The lowest BCUT2D eigenvalue weighted by atomic mass is 10.0. The second-order valence-electron chi connectivity index (χ2n) is 7.07. The van der Waals surface area contributed by atoms with Gasteiger partial charge in [0.1, 0.15) is 5.75 Å². The molecule has 0 spiro atoms. The Bertz CT molecular complexity index is 1360. The molecule has 0 saturated carbocycles. The van der Waals surface area contributed by atoms with Crippen LogP contribution in [0.15, 0.2) is 72.8 Å². The van der Waals surface area contributed by atoms with Gasteiger partial charge in [0.25, 0.3) is 0 Å². The number of carboxylic acids is 1. The average Bonchev–Trinajstić information content (AvgIpc) is 3.23. The lowest BCUT2D eigenvalue weighted by Crippen LogP contribution is -2.01. The molecule has 33 heavy (non-hydrogen) atoms. The highest BCUT2D eigenvalue weighted by Gasteiger charge is 2.16. The van der Waals surface area contributed by atoms with Crippen LogP contribution in [0, 0.1) is 0 Å². The van der Waals surface area contributed by atoms with Gasteiger partial charge in [-0.15, -0.1) is 0 Å². The summed E-state index contributed by atoms with van der Waals surface area (Å²) in [5.74, 6) is -0.386. The third-order valence-electron chi connectivity index (χ3n) is 4.92. The number of hydrogen-bond acceptors (Lipinski definition) is 3. The fraction of sp³-hybridized carbons (Fsp3) is 0.0400. The molecule has 0 bridgehead atoms. The van der Waals surface area contributed by atoms with Crippen LogP contribution in [0.25, 0.3) is 28.6 Å². The smallest absolute Gasteiger partial charge is 0.336 e. The molecule has 166 valence electrons. The summed E-state index contributed by atoms with van der Waals surface area (Å²) in [5, 5.41) is 15.8.